The van der Waals surface area contributed by atoms with Crippen molar-refractivity contribution in [1.29, 1.82) is 0 Å². The van der Waals surface area contributed by atoms with Crippen molar-refractivity contribution < 1.29 is 9.53 Å². The first-order valence-electron chi connectivity index (χ1n) is 4.73. The van der Waals surface area contributed by atoms with Crippen LogP contribution in [0.4, 0.5) is 0 Å². The highest BCUT2D eigenvalue weighted by Gasteiger charge is 2.52. The molecule has 3 rings (SSSR count). The maximum absolute atomic E-state index is 11.5. The lowest BCUT2D eigenvalue weighted by atomic mass is 9.86. The lowest BCUT2D eigenvalue weighted by Gasteiger charge is -2.44. The standard InChI is InChI=1S/C11H11NO2/c1-12-6-11(7-12)9-5-3-2-4-8(9)10(13)14-11/h2-5H,6-7H2,1H3. The number of hydrogen-bond donors (Lipinski definition) is 0. The zero-order valence-corrected chi connectivity index (χ0v) is 7.99. The van der Waals surface area contributed by atoms with Crippen molar-refractivity contribution in [2.24, 2.45) is 0 Å². The Hall–Kier alpha value is -1.35. The number of nitrogens with zero attached hydrogens (tertiary/aromatic N) is 1. The van der Waals surface area contributed by atoms with Gasteiger partial charge in [0, 0.05) is 18.7 Å². The van der Waals surface area contributed by atoms with E-state index in [-0.39, 0.29) is 11.6 Å². The molecule has 0 unspecified atom stereocenters. The second-order valence-corrected chi connectivity index (χ2v) is 4.10. The number of hydrogen-bond acceptors (Lipinski definition) is 3. The Bertz CT molecular complexity index is 408. The molecule has 1 spiro atoms. The summed E-state index contributed by atoms with van der Waals surface area (Å²) < 4.78 is 5.45. The van der Waals surface area contributed by atoms with Gasteiger partial charge in [-0.05, 0) is 13.1 Å². The van der Waals surface area contributed by atoms with Gasteiger partial charge in [0.1, 0.15) is 0 Å². The summed E-state index contributed by atoms with van der Waals surface area (Å²) in [7, 11) is 2.03. The van der Waals surface area contributed by atoms with Crippen LogP contribution in [0.25, 0.3) is 0 Å². The fourth-order valence-corrected chi connectivity index (χ4v) is 2.41. The number of esters is 1. The summed E-state index contributed by atoms with van der Waals surface area (Å²) in [5, 5.41) is 0. The summed E-state index contributed by atoms with van der Waals surface area (Å²) in [5.74, 6) is -0.172. The van der Waals surface area contributed by atoms with Crippen LogP contribution in [0.2, 0.25) is 0 Å². The van der Waals surface area contributed by atoms with Crippen LogP contribution in [0.1, 0.15) is 15.9 Å². The Labute approximate surface area is 82.3 Å². The SMILES string of the molecule is CN1CC2(C1)OC(=O)c1ccccc12. The summed E-state index contributed by atoms with van der Waals surface area (Å²) in [5.41, 5.74) is 1.46. The molecule has 14 heavy (non-hydrogen) atoms. The molecular weight excluding hydrogens is 178 g/mol. The molecule has 0 N–H and O–H groups in total. The quantitative estimate of drug-likeness (QED) is 0.570. The highest BCUT2D eigenvalue weighted by atomic mass is 16.6. The van der Waals surface area contributed by atoms with E-state index in [1.807, 2.05) is 31.3 Å². The van der Waals surface area contributed by atoms with Crippen LogP contribution in [-0.2, 0) is 10.3 Å². The Morgan fingerprint density at radius 2 is 2.07 bits per heavy atom. The topological polar surface area (TPSA) is 29.5 Å². The van der Waals surface area contributed by atoms with Gasteiger partial charge in [-0.15, -0.1) is 0 Å². The van der Waals surface area contributed by atoms with Crippen molar-refractivity contribution in [3.05, 3.63) is 35.4 Å². The highest BCUT2D eigenvalue weighted by molar-refractivity contribution is 5.95. The van der Waals surface area contributed by atoms with E-state index in [0.717, 1.165) is 24.2 Å². The third-order valence-electron chi connectivity index (χ3n) is 2.98. The van der Waals surface area contributed by atoms with Crippen molar-refractivity contribution in [1.82, 2.24) is 4.90 Å². The van der Waals surface area contributed by atoms with Gasteiger partial charge in [0.15, 0.2) is 5.60 Å². The largest absolute Gasteiger partial charge is 0.448 e. The smallest absolute Gasteiger partial charge is 0.339 e. The van der Waals surface area contributed by atoms with Gasteiger partial charge in [0.25, 0.3) is 0 Å². The molecule has 0 aromatic heterocycles. The highest BCUT2D eigenvalue weighted by Crippen LogP contribution is 2.42. The molecular formula is C11H11NO2. The maximum atomic E-state index is 11.5. The molecule has 2 heterocycles. The van der Waals surface area contributed by atoms with Crippen LogP contribution in [-0.4, -0.2) is 31.0 Å². The van der Waals surface area contributed by atoms with E-state index >= 15 is 0 Å². The molecule has 1 aromatic carbocycles. The predicted molar refractivity (Wildman–Crippen MR) is 51.0 cm³/mol. The molecule has 0 radical (unpaired) electrons. The number of fused-ring (bicyclic) bond motifs is 2. The minimum absolute atomic E-state index is 0.172. The number of carbonyl (C=O) groups excluding carboxylic acids is 1. The minimum atomic E-state index is -0.331. The van der Waals surface area contributed by atoms with Crippen molar-refractivity contribution >= 4 is 5.97 Å². The van der Waals surface area contributed by atoms with E-state index in [0.29, 0.717) is 0 Å². The van der Waals surface area contributed by atoms with Crippen molar-refractivity contribution in [2.45, 2.75) is 5.60 Å². The molecule has 3 heteroatoms. The van der Waals surface area contributed by atoms with Crippen LogP contribution in [0.3, 0.4) is 0 Å². The number of likely N-dealkylation sites (N-methyl/N-ethyl adjacent to an activating group) is 1. The maximum Gasteiger partial charge on any atom is 0.339 e. The van der Waals surface area contributed by atoms with Gasteiger partial charge in [-0.3, -0.25) is 4.90 Å². The molecule has 0 aliphatic carbocycles. The van der Waals surface area contributed by atoms with Gasteiger partial charge in [-0.1, -0.05) is 18.2 Å². The lowest BCUT2D eigenvalue weighted by Crippen LogP contribution is -2.57. The van der Waals surface area contributed by atoms with E-state index in [9.17, 15) is 4.79 Å². The van der Waals surface area contributed by atoms with Crippen molar-refractivity contribution in [2.75, 3.05) is 20.1 Å². The molecule has 3 nitrogen and oxygen atoms in total. The lowest BCUT2D eigenvalue weighted by molar-refractivity contribution is -0.0943. The van der Waals surface area contributed by atoms with Crippen molar-refractivity contribution in [3.63, 3.8) is 0 Å². The van der Waals surface area contributed by atoms with Crippen LogP contribution in [0, 0.1) is 0 Å². The first-order valence-corrected chi connectivity index (χ1v) is 4.73. The second-order valence-electron chi connectivity index (χ2n) is 4.10. The van der Waals surface area contributed by atoms with E-state index in [2.05, 4.69) is 4.90 Å². The molecule has 1 fully saturated rings. The molecule has 0 atom stereocenters. The number of benzene rings is 1. The third-order valence-corrected chi connectivity index (χ3v) is 2.98. The summed E-state index contributed by atoms with van der Waals surface area (Å²) >= 11 is 0. The van der Waals surface area contributed by atoms with Gasteiger partial charge in [0.05, 0.1) is 5.56 Å². The van der Waals surface area contributed by atoms with Gasteiger partial charge in [-0.25, -0.2) is 4.79 Å². The average molecular weight is 189 g/mol. The summed E-state index contributed by atoms with van der Waals surface area (Å²) in [4.78, 5) is 13.7. The van der Waals surface area contributed by atoms with E-state index in [1.54, 1.807) is 0 Å². The predicted octanol–water partition coefficient (Wildman–Crippen LogP) is 0.998. The zero-order valence-electron chi connectivity index (χ0n) is 7.99. The number of ether oxygens (including phenoxy) is 1. The number of likely N-dealkylation sites (tertiary alicyclic amines) is 1. The van der Waals surface area contributed by atoms with Gasteiger partial charge < -0.3 is 4.74 Å². The Balaban J connectivity index is 2.11. The third kappa shape index (κ3) is 0.826. The van der Waals surface area contributed by atoms with E-state index < -0.39 is 0 Å². The molecule has 1 saturated heterocycles. The van der Waals surface area contributed by atoms with E-state index in [1.165, 1.54) is 0 Å². The summed E-state index contributed by atoms with van der Waals surface area (Å²) in [6.45, 7) is 1.63. The fraction of sp³-hybridized carbons (Fsp3) is 0.364. The van der Waals surface area contributed by atoms with Gasteiger partial charge in [0.2, 0.25) is 0 Å². The molecule has 2 aliphatic rings. The number of rotatable bonds is 0. The van der Waals surface area contributed by atoms with Gasteiger partial charge >= 0.3 is 5.97 Å². The molecule has 72 valence electrons. The zero-order chi connectivity index (χ0) is 9.76. The summed E-state index contributed by atoms with van der Waals surface area (Å²) in [6.07, 6.45) is 0. The Kier molecular flexibility index (Phi) is 1.35. The van der Waals surface area contributed by atoms with Crippen LogP contribution < -0.4 is 0 Å². The van der Waals surface area contributed by atoms with E-state index in [4.69, 9.17) is 4.74 Å². The Morgan fingerprint density at radius 3 is 2.79 bits per heavy atom. The molecule has 0 amide bonds. The second kappa shape index (κ2) is 2.36. The fourth-order valence-electron chi connectivity index (χ4n) is 2.41. The van der Waals surface area contributed by atoms with Gasteiger partial charge in [-0.2, -0.15) is 0 Å². The molecule has 2 aliphatic heterocycles. The van der Waals surface area contributed by atoms with Crippen LogP contribution >= 0.6 is 0 Å². The van der Waals surface area contributed by atoms with Crippen LogP contribution in [0.5, 0.6) is 0 Å². The molecule has 0 saturated carbocycles. The molecule has 0 bridgehead atoms. The average Bonchev–Trinajstić information content (AvgIpc) is 2.41. The molecule has 1 aromatic rings. The summed E-state index contributed by atoms with van der Waals surface area (Å²) in [6, 6.07) is 7.67. The minimum Gasteiger partial charge on any atom is -0.448 e. The Morgan fingerprint density at radius 1 is 1.36 bits per heavy atom. The van der Waals surface area contributed by atoms with Crippen molar-refractivity contribution in [3.8, 4) is 0 Å². The monoisotopic (exact) mass is 189 g/mol. The first-order chi connectivity index (χ1) is 6.71. The normalized spacial score (nSPS) is 23.1. The number of carbonyl (C=O) groups is 1. The van der Waals surface area contributed by atoms with Crippen LogP contribution in [0.15, 0.2) is 24.3 Å². The first kappa shape index (κ1) is 8.00.